The van der Waals surface area contributed by atoms with E-state index in [2.05, 4.69) is 26.8 Å². The molecule has 0 aliphatic rings. The third kappa shape index (κ3) is 6.93. The second-order valence-corrected chi connectivity index (χ2v) is 6.61. The van der Waals surface area contributed by atoms with Crippen LogP contribution in [0.4, 0.5) is 0 Å². The molecule has 0 atom stereocenters. The predicted octanol–water partition coefficient (Wildman–Crippen LogP) is 6.02. The molecule has 1 aromatic heterocycles. The van der Waals surface area contributed by atoms with Crippen LogP contribution in [-0.4, -0.2) is 19.8 Å². The van der Waals surface area contributed by atoms with E-state index in [0.29, 0.717) is 0 Å². The quantitative estimate of drug-likeness (QED) is 0.406. The lowest BCUT2D eigenvalue weighted by atomic mass is 9.77. The molecule has 0 fully saturated rings. The van der Waals surface area contributed by atoms with Gasteiger partial charge in [-0.05, 0) is 46.5 Å². The molecule has 0 aliphatic carbocycles. The maximum atomic E-state index is 6.04. The van der Waals surface area contributed by atoms with Gasteiger partial charge in [-0.1, -0.05) is 49.5 Å². The van der Waals surface area contributed by atoms with E-state index < -0.39 is 0 Å². The van der Waals surface area contributed by atoms with Crippen molar-refractivity contribution in [1.29, 1.82) is 0 Å². The Hall–Kier alpha value is -1.78. The Bertz CT molecular complexity index is 648. The first-order valence-corrected chi connectivity index (χ1v) is 8.77. The minimum absolute atomic E-state index is 0.217. The van der Waals surface area contributed by atoms with Crippen LogP contribution in [0, 0.1) is 6.92 Å². The average molecular weight is 342 g/mol. The summed E-state index contributed by atoms with van der Waals surface area (Å²) in [5.74, 6) is 0.897. The van der Waals surface area contributed by atoms with Gasteiger partial charge in [-0.15, -0.1) is 0 Å². The standard InChI is InChI=1S/C21H31BO3/c1-8-10-11-14-19-16-24-18(4)20(19)15-12-13-17(3)22(23-7)25-21(5,6)9-2/h8,10-16H,9H2,1-7H3/b10-8-,14-11-,15-12-,17-13+. The molecule has 1 aromatic rings. The topological polar surface area (TPSA) is 31.6 Å². The number of furan rings is 1. The van der Waals surface area contributed by atoms with Gasteiger partial charge in [0, 0.05) is 23.8 Å². The summed E-state index contributed by atoms with van der Waals surface area (Å²) in [6, 6.07) is 0. The van der Waals surface area contributed by atoms with Crippen molar-refractivity contribution >= 4 is 19.3 Å². The van der Waals surface area contributed by atoms with Crippen LogP contribution >= 0.6 is 0 Å². The van der Waals surface area contributed by atoms with E-state index in [0.717, 1.165) is 28.8 Å². The Labute approximate surface area is 153 Å². The van der Waals surface area contributed by atoms with Crippen LogP contribution in [0.15, 0.2) is 46.5 Å². The molecule has 3 nitrogen and oxygen atoms in total. The van der Waals surface area contributed by atoms with Crippen molar-refractivity contribution in [1.82, 2.24) is 0 Å². The highest BCUT2D eigenvalue weighted by atomic mass is 16.6. The molecule has 0 saturated carbocycles. The number of aryl methyl sites for hydroxylation is 1. The molecule has 25 heavy (non-hydrogen) atoms. The van der Waals surface area contributed by atoms with Gasteiger partial charge >= 0.3 is 7.12 Å². The lowest BCUT2D eigenvalue weighted by molar-refractivity contribution is 0.0744. The van der Waals surface area contributed by atoms with E-state index in [1.165, 1.54) is 0 Å². The Balaban J connectivity index is 2.91. The summed E-state index contributed by atoms with van der Waals surface area (Å²) in [6.45, 7) is 12.2. The predicted molar refractivity (Wildman–Crippen MR) is 108 cm³/mol. The molecule has 0 bridgehead atoms. The molecule has 1 rings (SSSR count). The molecule has 0 saturated heterocycles. The zero-order valence-electron chi connectivity index (χ0n) is 16.6. The zero-order valence-corrected chi connectivity index (χ0v) is 16.6. The highest BCUT2D eigenvalue weighted by molar-refractivity contribution is 6.53. The van der Waals surface area contributed by atoms with Crippen molar-refractivity contribution < 1.29 is 13.7 Å². The summed E-state index contributed by atoms with van der Waals surface area (Å²) < 4.78 is 17.1. The smallest absolute Gasteiger partial charge is 0.468 e. The van der Waals surface area contributed by atoms with Gasteiger partial charge in [0.25, 0.3) is 0 Å². The molecule has 0 aliphatic heterocycles. The van der Waals surface area contributed by atoms with Crippen molar-refractivity contribution in [2.24, 2.45) is 0 Å². The first kappa shape index (κ1) is 21.3. The number of hydrogen-bond donors (Lipinski definition) is 0. The third-order valence-electron chi connectivity index (χ3n) is 4.12. The number of rotatable bonds is 9. The Morgan fingerprint density at radius 2 is 1.96 bits per heavy atom. The molecule has 0 aromatic carbocycles. The Morgan fingerprint density at radius 3 is 2.56 bits per heavy atom. The Morgan fingerprint density at radius 1 is 1.24 bits per heavy atom. The maximum absolute atomic E-state index is 6.04. The third-order valence-corrected chi connectivity index (χ3v) is 4.12. The molecule has 1 heterocycles. The monoisotopic (exact) mass is 342 g/mol. The molecule has 0 radical (unpaired) electrons. The maximum Gasteiger partial charge on any atom is 0.489 e. The average Bonchev–Trinajstić information content (AvgIpc) is 2.93. The van der Waals surface area contributed by atoms with Crippen molar-refractivity contribution in [3.8, 4) is 0 Å². The summed E-state index contributed by atoms with van der Waals surface area (Å²) in [6.07, 6.45) is 16.8. The van der Waals surface area contributed by atoms with Gasteiger partial charge in [0.2, 0.25) is 0 Å². The lowest BCUT2D eigenvalue weighted by Crippen LogP contribution is -2.35. The van der Waals surface area contributed by atoms with Crippen LogP contribution in [0.25, 0.3) is 12.2 Å². The molecular formula is C21H31BO3. The summed E-state index contributed by atoms with van der Waals surface area (Å²) in [5, 5.41) is 0. The van der Waals surface area contributed by atoms with Crippen molar-refractivity contribution in [2.75, 3.05) is 7.11 Å². The van der Waals surface area contributed by atoms with Crippen LogP contribution < -0.4 is 0 Å². The van der Waals surface area contributed by atoms with Gasteiger partial charge in [0.05, 0.1) is 6.26 Å². The summed E-state index contributed by atoms with van der Waals surface area (Å²) >= 11 is 0. The molecule has 0 N–H and O–H groups in total. The number of allylic oxidation sites excluding steroid dienone is 6. The van der Waals surface area contributed by atoms with Gasteiger partial charge in [-0.2, -0.15) is 0 Å². The van der Waals surface area contributed by atoms with Gasteiger partial charge in [0.1, 0.15) is 5.76 Å². The summed E-state index contributed by atoms with van der Waals surface area (Å²) in [4.78, 5) is 0. The highest BCUT2D eigenvalue weighted by Crippen LogP contribution is 2.21. The van der Waals surface area contributed by atoms with E-state index in [-0.39, 0.29) is 12.7 Å². The van der Waals surface area contributed by atoms with Gasteiger partial charge in [-0.25, -0.2) is 0 Å². The fraction of sp³-hybridized carbons (Fsp3) is 0.429. The fourth-order valence-electron chi connectivity index (χ4n) is 2.17. The largest absolute Gasteiger partial charge is 0.489 e. The Kier molecular flexibility index (Phi) is 8.74. The van der Waals surface area contributed by atoms with Gasteiger partial charge in [0.15, 0.2) is 0 Å². The van der Waals surface area contributed by atoms with E-state index in [4.69, 9.17) is 13.7 Å². The zero-order chi connectivity index (χ0) is 18.9. The van der Waals surface area contributed by atoms with Crippen molar-refractivity contribution in [2.45, 2.75) is 53.6 Å². The minimum atomic E-state index is -0.348. The van der Waals surface area contributed by atoms with Crippen LogP contribution in [-0.2, 0) is 9.31 Å². The van der Waals surface area contributed by atoms with Crippen molar-refractivity contribution in [3.63, 3.8) is 0 Å². The van der Waals surface area contributed by atoms with E-state index in [1.807, 2.05) is 57.2 Å². The van der Waals surface area contributed by atoms with Gasteiger partial charge < -0.3 is 13.7 Å². The van der Waals surface area contributed by atoms with Crippen LogP contribution in [0.1, 0.15) is 57.9 Å². The number of hydrogen-bond acceptors (Lipinski definition) is 3. The second-order valence-electron chi connectivity index (χ2n) is 6.61. The van der Waals surface area contributed by atoms with Gasteiger partial charge in [-0.3, -0.25) is 0 Å². The molecular weight excluding hydrogens is 311 g/mol. The molecule has 4 heteroatoms. The van der Waals surface area contributed by atoms with Crippen LogP contribution in [0.3, 0.4) is 0 Å². The summed E-state index contributed by atoms with van der Waals surface area (Å²) in [7, 11) is 1.32. The van der Waals surface area contributed by atoms with Crippen LogP contribution in [0.2, 0.25) is 0 Å². The second kappa shape index (κ2) is 10.3. The van der Waals surface area contributed by atoms with E-state index >= 15 is 0 Å². The fourth-order valence-corrected chi connectivity index (χ4v) is 2.17. The lowest BCUT2D eigenvalue weighted by Gasteiger charge is -2.27. The minimum Gasteiger partial charge on any atom is -0.468 e. The highest BCUT2D eigenvalue weighted by Gasteiger charge is 2.27. The van der Waals surface area contributed by atoms with E-state index in [9.17, 15) is 0 Å². The SMILES string of the molecule is C/C=C\C=C/c1coc(C)c1/C=C\C=C(/C)B(OC)OC(C)(C)CC. The van der Waals surface area contributed by atoms with Crippen molar-refractivity contribution in [3.05, 3.63) is 59.0 Å². The first-order chi connectivity index (χ1) is 11.8. The normalized spacial score (nSPS) is 13.6. The van der Waals surface area contributed by atoms with Crippen LogP contribution in [0.5, 0.6) is 0 Å². The summed E-state index contributed by atoms with van der Waals surface area (Å²) in [5.41, 5.74) is 2.94. The van der Waals surface area contributed by atoms with E-state index in [1.54, 1.807) is 13.4 Å². The molecule has 0 spiro atoms. The molecule has 136 valence electrons. The first-order valence-electron chi connectivity index (χ1n) is 8.77. The molecule has 0 amide bonds. The molecule has 0 unspecified atom stereocenters.